The van der Waals surface area contributed by atoms with Crippen LogP contribution in [0.25, 0.3) is 20.4 Å². The summed E-state index contributed by atoms with van der Waals surface area (Å²) in [5.74, 6) is 0.654. The Bertz CT molecular complexity index is 1870. The largest absolute Gasteiger partial charge is 0.332 e. The fraction of sp³-hybridized carbons (Fsp3) is 0.571. The van der Waals surface area contributed by atoms with Gasteiger partial charge in [-0.15, -0.1) is 22.7 Å². The van der Waals surface area contributed by atoms with Gasteiger partial charge in [0.2, 0.25) is 0 Å². The van der Waals surface area contributed by atoms with Crippen molar-refractivity contribution in [3.05, 3.63) is 62.0 Å². The van der Waals surface area contributed by atoms with Gasteiger partial charge in [-0.25, -0.2) is 9.59 Å². The molecule has 4 heterocycles. The van der Waals surface area contributed by atoms with Crippen molar-refractivity contribution >= 4 is 59.0 Å². The average Bonchev–Trinajstić information content (AvgIpc) is 3.76. The molecular weight excluding hydrogens is 600 g/mol. The highest BCUT2D eigenvalue weighted by atomic mass is 79.9. The van der Waals surface area contributed by atoms with E-state index < -0.39 is 0 Å². The number of hydrogen-bond donors (Lipinski definition) is 0. The summed E-state index contributed by atoms with van der Waals surface area (Å²) in [6.07, 6.45) is 3.15. The van der Waals surface area contributed by atoms with Crippen molar-refractivity contribution < 1.29 is 0 Å². The van der Waals surface area contributed by atoms with Crippen LogP contribution in [0, 0.1) is 24.7 Å². The smallest absolute Gasteiger partial charge is 0.284 e. The summed E-state index contributed by atoms with van der Waals surface area (Å²) in [4.78, 5) is 57.3. The zero-order valence-corrected chi connectivity index (χ0v) is 26.0. The number of thiophene rings is 2. The predicted molar refractivity (Wildman–Crippen MR) is 162 cm³/mol. The molecule has 2 fully saturated rings. The molecule has 2 unspecified atom stereocenters. The molecule has 208 valence electrons. The first-order valence-corrected chi connectivity index (χ1v) is 16.1. The third-order valence-corrected chi connectivity index (χ3v) is 11.3. The summed E-state index contributed by atoms with van der Waals surface area (Å²) >= 11 is 6.58. The van der Waals surface area contributed by atoms with Gasteiger partial charge in [-0.05, 0) is 72.4 Å². The standard InChI is InChI=1S/C28H33BrN4O4S2/c1-13(2)11-30-25-19(23(34)32(27(30)36)17-6-7-17)10-18(39-25)8-16-9-20(16)33-24(35)21-22(29)15(5)38-26(21)31(28(33)37)12-14(3)4/h10,13-14,16-17,20H,6-9,11-12H2,1-5H3. The summed E-state index contributed by atoms with van der Waals surface area (Å²) in [7, 11) is 0. The fourth-order valence-corrected chi connectivity index (χ4v) is 8.66. The third-order valence-electron chi connectivity index (χ3n) is 7.69. The highest BCUT2D eigenvalue weighted by Gasteiger charge is 2.42. The molecule has 6 rings (SSSR count). The van der Waals surface area contributed by atoms with Gasteiger partial charge in [0, 0.05) is 39.4 Å². The lowest BCUT2D eigenvalue weighted by Crippen LogP contribution is -2.40. The van der Waals surface area contributed by atoms with Crippen LogP contribution in [0.5, 0.6) is 0 Å². The molecule has 11 heteroatoms. The maximum absolute atomic E-state index is 13.7. The number of fused-ring (bicyclic) bond motifs is 2. The Kier molecular flexibility index (Phi) is 6.70. The van der Waals surface area contributed by atoms with Crippen LogP contribution in [0.15, 0.2) is 29.7 Å². The summed E-state index contributed by atoms with van der Waals surface area (Å²) in [5, 5.41) is 1.19. The molecule has 2 aliphatic carbocycles. The van der Waals surface area contributed by atoms with E-state index >= 15 is 0 Å². The molecule has 0 spiro atoms. The van der Waals surface area contributed by atoms with Crippen LogP contribution in [0.1, 0.15) is 68.8 Å². The van der Waals surface area contributed by atoms with Crippen molar-refractivity contribution in [1.82, 2.24) is 18.3 Å². The van der Waals surface area contributed by atoms with E-state index in [1.165, 1.54) is 31.8 Å². The van der Waals surface area contributed by atoms with Gasteiger partial charge in [-0.2, -0.15) is 0 Å². The Morgan fingerprint density at radius 2 is 1.51 bits per heavy atom. The number of hydrogen-bond acceptors (Lipinski definition) is 6. The first kappa shape index (κ1) is 27.0. The maximum atomic E-state index is 13.7. The van der Waals surface area contributed by atoms with Crippen molar-refractivity contribution in [2.45, 2.75) is 85.5 Å². The van der Waals surface area contributed by atoms with Crippen molar-refractivity contribution in [2.24, 2.45) is 17.8 Å². The van der Waals surface area contributed by atoms with Crippen LogP contribution in [0.3, 0.4) is 0 Å². The minimum atomic E-state index is -0.239. The number of halogens is 1. The lowest BCUT2D eigenvalue weighted by molar-refractivity contribution is 0.486. The van der Waals surface area contributed by atoms with Crippen LogP contribution in [-0.4, -0.2) is 18.3 Å². The third kappa shape index (κ3) is 4.54. The maximum Gasteiger partial charge on any atom is 0.332 e. The second-order valence-corrected chi connectivity index (χ2v) is 15.1. The van der Waals surface area contributed by atoms with Crippen molar-refractivity contribution in [3.63, 3.8) is 0 Å². The van der Waals surface area contributed by atoms with Gasteiger partial charge in [-0.3, -0.25) is 27.9 Å². The van der Waals surface area contributed by atoms with Gasteiger partial charge in [0.15, 0.2) is 0 Å². The quantitative estimate of drug-likeness (QED) is 0.264. The molecule has 0 bridgehead atoms. The zero-order chi connectivity index (χ0) is 27.9. The zero-order valence-electron chi connectivity index (χ0n) is 22.8. The van der Waals surface area contributed by atoms with Crippen LogP contribution in [-0.2, 0) is 19.5 Å². The van der Waals surface area contributed by atoms with Gasteiger partial charge >= 0.3 is 11.4 Å². The number of aryl methyl sites for hydroxylation is 1. The number of rotatable bonds is 8. The van der Waals surface area contributed by atoms with Crippen molar-refractivity contribution in [1.29, 1.82) is 0 Å². The summed E-state index contributed by atoms with van der Waals surface area (Å²) < 4.78 is 7.24. The van der Waals surface area contributed by atoms with Gasteiger partial charge in [-0.1, -0.05) is 27.7 Å². The van der Waals surface area contributed by atoms with E-state index in [0.717, 1.165) is 43.2 Å². The monoisotopic (exact) mass is 632 g/mol. The molecule has 0 radical (unpaired) electrons. The normalized spacial score (nSPS) is 19.3. The Labute approximate surface area is 241 Å². The minimum Gasteiger partial charge on any atom is -0.284 e. The van der Waals surface area contributed by atoms with Crippen LogP contribution >= 0.6 is 38.6 Å². The molecule has 4 aromatic rings. The van der Waals surface area contributed by atoms with Gasteiger partial charge < -0.3 is 0 Å². The summed E-state index contributed by atoms with van der Waals surface area (Å²) in [6.45, 7) is 11.4. The molecule has 8 nitrogen and oxygen atoms in total. The second kappa shape index (κ2) is 9.69. The van der Waals surface area contributed by atoms with Crippen LogP contribution in [0.4, 0.5) is 0 Å². The first-order valence-electron chi connectivity index (χ1n) is 13.7. The summed E-state index contributed by atoms with van der Waals surface area (Å²) in [5.41, 5.74) is -0.864. The molecule has 0 saturated heterocycles. The molecule has 0 aromatic carbocycles. The van der Waals surface area contributed by atoms with Gasteiger partial charge in [0.05, 0.1) is 10.8 Å². The van der Waals surface area contributed by atoms with Gasteiger partial charge in [0.25, 0.3) is 11.1 Å². The first-order chi connectivity index (χ1) is 18.5. The molecule has 0 N–H and O–H groups in total. The lowest BCUT2D eigenvalue weighted by atomic mass is 10.2. The van der Waals surface area contributed by atoms with E-state index in [4.69, 9.17) is 0 Å². The number of aromatic nitrogens is 4. The molecule has 4 aromatic heterocycles. The molecule has 39 heavy (non-hydrogen) atoms. The second-order valence-electron chi connectivity index (χ2n) is 12.0. The van der Waals surface area contributed by atoms with E-state index in [0.29, 0.717) is 30.3 Å². The van der Waals surface area contributed by atoms with E-state index in [1.807, 2.05) is 13.0 Å². The van der Waals surface area contributed by atoms with E-state index in [1.54, 1.807) is 9.13 Å². The Hall–Kier alpha value is -2.24. The van der Waals surface area contributed by atoms with Crippen LogP contribution < -0.4 is 22.5 Å². The fourth-order valence-electron chi connectivity index (χ4n) is 5.65. The van der Waals surface area contributed by atoms with Gasteiger partial charge in [0.1, 0.15) is 9.66 Å². The minimum absolute atomic E-state index is 0.0128. The average molecular weight is 634 g/mol. The SMILES string of the molecule is Cc1sc2c(c1Br)c(=O)n(C1CC1Cc1cc3c(=O)n(C4CC4)c(=O)n(CC(C)C)c3s1)c(=O)n2CC(C)C. The predicted octanol–water partition coefficient (Wildman–Crippen LogP) is 5.28. The summed E-state index contributed by atoms with van der Waals surface area (Å²) in [6, 6.07) is 1.78. The molecule has 2 saturated carbocycles. The Morgan fingerprint density at radius 3 is 2.13 bits per heavy atom. The highest BCUT2D eigenvalue weighted by molar-refractivity contribution is 9.10. The van der Waals surface area contributed by atoms with Crippen molar-refractivity contribution in [2.75, 3.05) is 0 Å². The highest BCUT2D eigenvalue weighted by Crippen LogP contribution is 2.46. The molecule has 2 atom stereocenters. The Morgan fingerprint density at radius 1 is 0.897 bits per heavy atom. The van der Waals surface area contributed by atoms with E-state index in [9.17, 15) is 19.2 Å². The van der Waals surface area contributed by atoms with E-state index in [2.05, 4.69) is 43.6 Å². The Balaban J connectivity index is 1.39. The molecule has 0 amide bonds. The topological polar surface area (TPSA) is 88.0 Å². The molecular formula is C28H33BrN4O4S2. The number of nitrogens with zero attached hydrogens (tertiary/aromatic N) is 4. The van der Waals surface area contributed by atoms with E-state index in [-0.39, 0.29) is 52.3 Å². The molecule has 0 aliphatic heterocycles. The lowest BCUT2D eigenvalue weighted by Gasteiger charge is -2.14. The van der Waals surface area contributed by atoms with Crippen molar-refractivity contribution in [3.8, 4) is 0 Å². The van der Waals surface area contributed by atoms with Crippen LogP contribution in [0.2, 0.25) is 0 Å². The molecule has 2 aliphatic rings.